The molecule has 2 rings (SSSR count). The summed E-state index contributed by atoms with van der Waals surface area (Å²) in [5.74, 6) is 0.683. The zero-order valence-corrected chi connectivity index (χ0v) is 8.48. The van der Waals surface area contributed by atoms with Crippen molar-refractivity contribution in [3.8, 4) is 0 Å². The second-order valence-electron chi connectivity index (χ2n) is 3.63. The topological polar surface area (TPSA) is 17.1 Å². The Morgan fingerprint density at radius 3 is 3.00 bits per heavy atom. The van der Waals surface area contributed by atoms with Gasteiger partial charge in [-0.3, -0.25) is 4.79 Å². The molecule has 1 saturated carbocycles. The first-order valence-electron chi connectivity index (χ1n) is 4.94. The number of hydrogen-bond acceptors (Lipinski definition) is 2. The number of carbonyl (C=O) groups is 1. The lowest BCUT2D eigenvalue weighted by Crippen LogP contribution is -2.08. The Labute approximate surface area is 82.8 Å². The van der Waals surface area contributed by atoms with Crippen LogP contribution in [0.15, 0.2) is 17.5 Å². The molecule has 1 aliphatic rings. The van der Waals surface area contributed by atoms with Crippen LogP contribution in [0.2, 0.25) is 0 Å². The quantitative estimate of drug-likeness (QED) is 0.626. The van der Waals surface area contributed by atoms with Crippen LogP contribution in [-0.4, -0.2) is 5.78 Å². The lowest BCUT2D eigenvalue weighted by molar-refractivity contribution is -0.120. The first-order chi connectivity index (χ1) is 6.38. The molecule has 1 heterocycles. The van der Waals surface area contributed by atoms with Crippen molar-refractivity contribution in [1.29, 1.82) is 0 Å². The summed E-state index contributed by atoms with van der Waals surface area (Å²) in [5.41, 5.74) is 0. The van der Waals surface area contributed by atoms with Crippen molar-refractivity contribution in [1.82, 2.24) is 0 Å². The standard InChI is InChI=1S/C11H14OS/c12-10-6-3-1-2-5-9(10)11-7-4-8-13-11/h4,7-9H,1-3,5-6H2. The maximum Gasteiger partial charge on any atom is 0.141 e. The lowest BCUT2D eigenvalue weighted by atomic mass is 9.97. The highest BCUT2D eigenvalue weighted by Crippen LogP contribution is 2.31. The van der Waals surface area contributed by atoms with Gasteiger partial charge in [0.2, 0.25) is 0 Å². The minimum atomic E-state index is 0.225. The Bertz CT molecular complexity index is 276. The molecule has 70 valence electrons. The molecule has 1 aromatic heterocycles. The summed E-state index contributed by atoms with van der Waals surface area (Å²) in [6.07, 6.45) is 5.41. The van der Waals surface area contributed by atoms with Crippen LogP contribution < -0.4 is 0 Å². The second-order valence-corrected chi connectivity index (χ2v) is 4.61. The van der Waals surface area contributed by atoms with Crippen LogP contribution in [0.1, 0.15) is 42.9 Å². The summed E-state index contributed by atoms with van der Waals surface area (Å²) in [6, 6.07) is 4.14. The van der Waals surface area contributed by atoms with E-state index in [9.17, 15) is 4.79 Å². The van der Waals surface area contributed by atoms with Gasteiger partial charge in [-0.15, -0.1) is 11.3 Å². The molecular formula is C11H14OS. The molecule has 0 radical (unpaired) electrons. The van der Waals surface area contributed by atoms with Crippen LogP contribution in [0.3, 0.4) is 0 Å². The molecule has 1 unspecified atom stereocenters. The minimum absolute atomic E-state index is 0.225. The van der Waals surface area contributed by atoms with Crippen molar-refractivity contribution in [3.05, 3.63) is 22.4 Å². The van der Waals surface area contributed by atoms with Crippen molar-refractivity contribution in [2.75, 3.05) is 0 Å². The average molecular weight is 194 g/mol. The molecule has 1 fully saturated rings. The molecule has 1 atom stereocenters. The summed E-state index contributed by atoms with van der Waals surface area (Å²) >= 11 is 1.72. The molecule has 1 aliphatic carbocycles. The normalized spacial score (nSPS) is 24.3. The Morgan fingerprint density at radius 2 is 2.23 bits per heavy atom. The minimum Gasteiger partial charge on any atom is -0.299 e. The van der Waals surface area contributed by atoms with Crippen LogP contribution >= 0.6 is 11.3 Å². The molecule has 0 aliphatic heterocycles. The molecule has 13 heavy (non-hydrogen) atoms. The SMILES string of the molecule is O=C1CCCCCC1c1cccs1. The Morgan fingerprint density at radius 1 is 1.31 bits per heavy atom. The maximum atomic E-state index is 11.7. The summed E-state index contributed by atoms with van der Waals surface area (Å²) < 4.78 is 0. The molecule has 0 bridgehead atoms. The highest BCUT2D eigenvalue weighted by atomic mass is 32.1. The van der Waals surface area contributed by atoms with Crippen LogP contribution in [-0.2, 0) is 4.79 Å². The number of hydrogen-bond donors (Lipinski definition) is 0. The molecule has 0 saturated heterocycles. The molecule has 2 heteroatoms. The summed E-state index contributed by atoms with van der Waals surface area (Å²) in [6.45, 7) is 0. The van der Waals surface area contributed by atoms with Crippen LogP contribution in [0.5, 0.6) is 0 Å². The van der Waals surface area contributed by atoms with Gasteiger partial charge < -0.3 is 0 Å². The van der Waals surface area contributed by atoms with E-state index in [0.717, 1.165) is 19.3 Å². The van der Waals surface area contributed by atoms with Gasteiger partial charge in [0.25, 0.3) is 0 Å². The van der Waals surface area contributed by atoms with Gasteiger partial charge in [-0.05, 0) is 24.3 Å². The van der Waals surface area contributed by atoms with E-state index < -0.39 is 0 Å². The number of ketones is 1. The zero-order chi connectivity index (χ0) is 9.10. The largest absolute Gasteiger partial charge is 0.299 e. The fourth-order valence-corrected chi connectivity index (χ4v) is 2.84. The predicted octanol–water partition coefficient (Wildman–Crippen LogP) is 3.36. The fraction of sp³-hybridized carbons (Fsp3) is 0.545. The first kappa shape index (κ1) is 8.95. The zero-order valence-electron chi connectivity index (χ0n) is 7.66. The highest BCUT2D eigenvalue weighted by Gasteiger charge is 2.22. The van der Waals surface area contributed by atoms with Crippen molar-refractivity contribution in [2.45, 2.75) is 38.0 Å². The number of Topliss-reactive ketones (excluding diaryl/α,β-unsaturated/α-hetero) is 1. The van der Waals surface area contributed by atoms with E-state index in [0.29, 0.717) is 5.78 Å². The van der Waals surface area contributed by atoms with Gasteiger partial charge in [-0.1, -0.05) is 18.9 Å². The molecule has 0 spiro atoms. The van der Waals surface area contributed by atoms with Crippen molar-refractivity contribution in [2.24, 2.45) is 0 Å². The van der Waals surface area contributed by atoms with E-state index >= 15 is 0 Å². The third-order valence-corrected chi connectivity index (χ3v) is 3.68. The van der Waals surface area contributed by atoms with E-state index in [-0.39, 0.29) is 5.92 Å². The summed E-state index contributed by atoms with van der Waals surface area (Å²) in [5, 5.41) is 2.06. The van der Waals surface area contributed by atoms with Crippen molar-refractivity contribution in [3.63, 3.8) is 0 Å². The number of rotatable bonds is 1. The van der Waals surface area contributed by atoms with Crippen LogP contribution in [0.4, 0.5) is 0 Å². The van der Waals surface area contributed by atoms with Gasteiger partial charge in [0.15, 0.2) is 0 Å². The molecule has 1 aromatic rings. The maximum absolute atomic E-state index is 11.7. The van der Waals surface area contributed by atoms with Gasteiger partial charge in [-0.2, -0.15) is 0 Å². The highest BCUT2D eigenvalue weighted by molar-refractivity contribution is 7.10. The van der Waals surface area contributed by atoms with Gasteiger partial charge in [0.05, 0.1) is 5.92 Å². The number of carbonyl (C=O) groups excluding carboxylic acids is 1. The van der Waals surface area contributed by atoms with E-state index in [4.69, 9.17) is 0 Å². The molecule has 0 aromatic carbocycles. The van der Waals surface area contributed by atoms with E-state index in [1.165, 1.54) is 17.7 Å². The smallest absolute Gasteiger partial charge is 0.141 e. The van der Waals surface area contributed by atoms with Crippen LogP contribution in [0, 0.1) is 0 Å². The van der Waals surface area contributed by atoms with E-state index in [1.54, 1.807) is 11.3 Å². The Hall–Kier alpha value is -0.630. The Balaban J connectivity index is 2.16. The van der Waals surface area contributed by atoms with Crippen LogP contribution in [0.25, 0.3) is 0 Å². The summed E-state index contributed by atoms with van der Waals surface area (Å²) in [7, 11) is 0. The molecule has 0 amide bonds. The lowest BCUT2D eigenvalue weighted by Gasteiger charge is -2.09. The fourth-order valence-electron chi connectivity index (χ4n) is 1.95. The monoisotopic (exact) mass is 194 g/mol. The average Bonchev–Trinajstić information content (AvgIpc) is 2.56. The van der Waals surface area contributed by atoms with E-state index in [1.807, 2.05) is 6.07 Å². The third kappa shape index (κ3) is 1.99. The van der Waals surface area contributed by atoms with Crippen molar-refractivity contribution < 1.29 is 4.79 Å². The van der Waals surface area contributed by atoms with E-state index in [2.05, 4.69) is 11.4 Å². The molecule has 0 N–H and O–H groups in total. The predicted molar refractivity (Wildman–Crippen MR) is 55.2 cm³/mol. The van der Waals surface area contributed by atoms with Gasteiger partial charge in [-0.25, -0.2) is 0 Å². The Kier molecular flexibility index (Phi) is 2.79. The van der Waals surface area contributed by atoms with Crippen molar-refractivity contribution >= 4 is 17.1 Å². The molecular weight excluding hydrogens is 180 g/mol. The van der Waals surface area contributed by atoms with Gasteiger partial charge in [0, 0.05) is 11.3 Å². The summed E-state index contributed by atoms with van der Waals surface area (Å²) in [4.78, 5) is 13.0. The number of thiophene rings is 1. The van der Waals surface area contributed by atoms with Gasteiger partial charge >= 0.3 is 0 Å². The first-order valence-corrected chi connectivity index (χ1v) is 5.82. The second kappa shape index (κ2) is 4.05. The third-order valence-electron chi connectivity index (χ3n) is 2.69. The van der Waals surface area contributed by atoms with Gasteiger partial charge in [0.1, 0.15) is 5.78 Å². The molecule has 1 nitrogen and oxygen atoms in total.